The topological polar surface area (TPSA) is 48.9 Å². The summed E-state index contributed by atoms with van der Waals surface area (Å²) in [4.78, 5) is 6.85. The predicted molar refractivity (Wildman–Crippen MR) is 98.5 cm³/mol. The van der Waals surface area contributed by atoms with Gasteiger partial charge in [-0.1, -0.05) is 13.8 Å². The maximum absolute atomic E-state index is 5.45. The van der Waals surface area contributed by atoms with Crippen molar-refractivity contribution in [2.45, 2.75) is 32.7 Å². The van der Waals surface area contributed by atoms with Gasteiger partial charge in [-0.3, -0.25) is 9.89 Å². The van der Waals surface area contributed by atoms with E-state index in [1.165, 1.54) is 12.8 Å². The van der Waals surface area contributed by atoms with Crippen LogP contribution in [0.15, 0.2) is 4.99 Å². The number of ether oxygens (including phenoxy) is 1. The summed E-state index contributed by atoms with van der Waals surface area (Å²) < 4.78 is 5.45. The van der Waals surface area contributed by atoms with Crippen molar-refractivity contribution in [3.05, 3.63) is 0 Å². The van der Waals surface area contributed by atoms with E-state index in [-0.39, 0.29) is 24.0 Å². The lowest BCUT2D eigenvalue weighted by Crippen LogP contribution is -2.52. The minimum Gasteiger partial charge on any atom is -0.379 e. The number of guanidine groups is 1. The zero-order valence-electron chi connectivity index (χ0n) is 13.6. The molecule has 2 rings (SSSR count). The molecule has 2 N–H and O–H groups in total. The molecule has 1 atom stereocenters. The summed E-state index contributed by atoms with van der Waals surface area (Å²) in [7, 11) is 1.85. The summed E-state index contributed by atoms with van der Waals surface area (Å²) in [5.74, 6) is 2.44. The third-order valence-corrected chi connectivity index (χ3v) is 4.24. The molecule has 2 fully saturated rings. The highest BCUT2D eigenvalue weighted by atomic mass is 127. The minimum absolute atomic E-state index is 0. The first-order chi connectivity index (χ1) is 9.70. The lowest BCUT2D eigenvalue weighted by atomic mass is 10.0. The first kappa shape index (κ1) is 19.0. The van der Waals surface area contributed by atoms with Crippen LogP contribution in [0.2, 0.25) is 0 Å². The van der Waals surface area contributed by atoms with E-state index in [2.05, 4.69) is 34.4 Å². The zero-order valence-corrected chi connectivity index (χ0v) is 15.9. The number of nitrogens with one attached hydrogen (secondary N) is 2. The van der Waals surface area contributed by atoms with Crippen LogP contribution < -0.4 is 10.6 Å². The molecule has 0 aromatic carbocycles. The van der Waals surface area contributed by atoms with Crippen molar-refractivity contribution in [3.8, 4) is 0 Å². The average Bonchev–Trinajstić information content (AvgIpc) is 3.27. The molecule has 1 heterocycles. The van der Waals surface area contributed by atoms with Gasteiger partial charge in [-0.25, -0.2) is 0 Å². The molecule has 21 heavy (non-hydrogen) atoms. The Morgan fingerprint density at radius 2 is 1.90 bits per heavy atom. The highest BCUT2D eigenvalue weighted by Crippen LogP contribution is 2.27. The largest absolute Gasteiger partial charge is 0.379 e. The number of morpholine rings is 1. The van der Waals surface area contributed by atoms with Crippen LogP contribution in [-0.4, -0.2) is 63.3 Å². The van der Waals surface area contributed by atoms with Gasteiger partial charge in [0.25, 0.3) is 0 Å². The summed E-state index contributed by atoms with van der Waals surface area (Å²) in [6.07, 6.45) is 2.73. The standard InChI is InChI=1S/C15H30N4O.HI/c1-12(2)14(19-6-8-20-9-7-19)11-18-15(16-3)17-10-13-4-5-13;/h12-14H,4-11H2,1-3H3,(H2,16,17,18);1H. The van der Waals surface area contributed by atoms with Crippen LogP contribution in [-0.2, 0) is 4.74 Å². The Morgan fingerprint density at radius 1 is 1.24 bits per heavy atom. The van der Waals surface area contributed by atoms with E-state index in [1.807, 2.05) is 7.05 Å². The van der Waals surface area contributed by atoms with Crippen molar-refractivity contribution in [2.75, 3.05) is 46.4 Å². The maximum Gasteiger partial charge on any atom is 0.191 e. The molecule has 2 aliphatic rings. The Hall–Kier alpha value is -0.0800. The van der Waals surface area contributed by atoms with Crippen LogP contribution in [0, 0.1) is 11.8 Å². The van der Waals surface area contributed by atoms with Gasteiger partial charge >= 0.3 is 0 Å². The van der Waals surface area contributed by atoms with E-state index in [0.29, 0.717) is 12.0 Å². The third-order valence-electron chi connectivity index (χ3n) is 4.24. The molecule has 0 spiro atoms. The summed E-state index contributed by atoms with van der Waals surface area (Å²) in [5, 5.41) is 6.91. The molecule has 5 nitrogen and oxygen atoms in total. The molecule has 1 unspecified atom stereocenters. The van der Waals surface area contributed by atoms with Gasteiger partial charge < -0.3 is 15.4 Å². The van der Waals surface area contributed by atoms with Gasteiger partial charge in [-0.2, -0.15) is 0 Å². The number of hydrogen-bond acceptors (Lipinski definition) is 3. The monoisotopic (exact) mass is 410 g/mol. The fraction of sp³-hybridized carbons (Fsp3) is 0.933. The molecular weight excluding hydrogens is 379 g/mol. The molecule has 0 bridgehead atoms. The molecule has 0 amide bonds. The van der Waals surface area contributed by atoms with Crippen LogP contribution >= 0.6 is 24.0 Å². The van der Waals surface area contributed by atoms with E-state index < -0.39 is 0 Å². The number of hydrogen-bond donors (Lipinski definition) is 2. The first-order valence-corrected chi connectivity index (χ1v) is 7.97. The molecule has 124 valence electrons. The van der Waals surface area contributed by atoms with Crippen molar-refractivity contribution in [3.63, 3.8) is 0 Å². The van der Waals surface area contributed by atoms with E-state index in [1.54, 1.807) is 0 Å². The molecule has 1 aliphatic heterocycles. The van der Waals surface area contributed by atoms with Crippen LogP contribution in [0.3, 0.4) is 0 Å². The van der Waals surface area contributed by atoms with Gasteiger partial charge in [0.15, 0.2) is 5.96 Å². The average molecular weight is 410 g/mol. The zero-order chi connectivity index (χ0) is 14.4. The number of nitrogens with zero attached hydrogens (tertiary/aromatic N) is 2. The van der Waals surface area contributed by atoms with E-state index >= 15 is 0 Å². The number of halogens is 1. The second kappa shape index (κ2) is 9.84. The summed E-state index contributed by atoms with van der Waals surface area (Å²) >= 11 is 0. The molecule has 1 saturated carbocycles. The van der Waals surface area contributed by atoms with Crippen LogP contribution in [0.25, 0.3) is 0 Å². The van der Waals surface area contributed by atoms with Crippen molar-refractivity contribution in [1.82, 2.24) is 15.5 Å². The predicted octanol–water partition coefficient (Wildman–Crippen LogP) is 1.54. The molecular formula is C15H31IN4O. The van der Waals surface area contributed by atoms with Gasteiger partial charge in [0.2, 0.25) is 0 Å². The molecule has 0 aromatic rings. The van der Waals surface area contributed by atoms with Gasteiger partial charge in [-0.05, 0) is 24.7 Å². The molecule has 1 aliphatic carbocycles. The van der Waals surface area contributed by atoms with E-state index in [4.69, 9.17) is 4.74 Å². The van der Waals surface area contributed by atoms with Gasteiger partial charge in [0.05, 0.1) is 13.2 Å². The Labute approximate surface area is 146 Å². The van der Waals surface area contributed by atoms with Crippen molar-refractivity contribution < 1.29 is 4.74 Å². The molecule has 0 radical (unpaired) electrons. The molecule has 1 saturated heterocycles. The quantitative estimate of drug-likeness (QED) is 0.396. The van der Waals surface area contributed by atoms with Crippen LogP contribution in [0.5, 0.6) is 0 Å². The fourth-order valence-corrected chi connectivity index (χ4v) is 2.68. The number of rotatable bonds is 6. The highest BCUT2D eigenvalue weighted by Gasteiger charge is 2.24. The van der Waals surface area contributed by atoms with Gasteiger partial charge in [0, 0.05) is 39.3 Å². The van der Waals surface area contributed by atoms with Gasteiger partial charge in [0.1, 0.15) is 0 Å². The second-order valence-corrected chi connectivity index (χ2v) is 6.24. The normalized spacial score (nSPS) is 21.8. The van der Waals surface area contributed by atoms with Crippen molar-refractivity contribution >= 4 is 29.9 Å². The summed E-state index contributed by atoms with van der Waals surface area (Å²) in [6.45, 7) is 10.4. The number of aliphatic imine (C=N–C) groups is 1. The maximum atomic E-state index is 5.45. The SMILES string of the molecule is CN=C(NCC1CC1)NCC(C(C)C)N1CCOCC1.I. The second-order valence-electron chi connectivity index (χ2n) is 6.24. The lowest BCUT2D eigenvalue weighted by molar-refractivity contribution is 0.00752. The fourth-order valence-electron chi connectivity index (χ4n) is 2.68. The van der Waals surface area contributed by atoms with E-state index in [0.717, 1.165) is 51.3 Å². The molecule has 0 aromatic heterocycles. The van der Waals surface area contributed by atoms with Crippen molar-refractivity contribution in [1.29, 1.82) is 0 Å². The Morgan fingerprint density at radius 3 is 2.43 bits per heavy atom. The summed E-state index contributed by atoms with van der Waals surface area (Å²) in [5.41, 5.74) is 0. The lowest BCUT2D eigenvalue weighted by Gasteiger charge is -2.37. The smallest absolute Gasteiger partial charge is 0.191 e. The minimum atomic E-state index is 0. The van der Waals surface area contributed by atoms with E-state index in [9.17, 15) is 0 Å². The summed E-state index contributed by atoms with van der Waals surface area (Å²) in [6, 6.07) is 0.540. The Bertz CT molecular complexity index is 315. The first-order valence-electron chi connectivity index (χ1n) is 7.97. The highest BCUT2D eigenvalue weighted by molar-refractivity contribution is 14.0. The third kappa shape index (κ3) is 6.69. The van der Waals surface area contributed by atoms with Crippen molar-refractivity contribution in [2.24, 2.45) is 16.8 Å². The Balaban J connectivity index is 0.00000220. The van der Waals surface area contributed by atoms with Crippen LogP contribution in [0.1, 0.15) is 26.7 Å². The van der Waals surface area contributed by atoms with Crippen LogP contribution in [0.4, 0.5) is 0 Å². The Kier molecular flexibility index (Phi) is 8.89. The molecule has 6 heteroatoms. The van der Waals surface area contributed by atoms with Gasteiger partial charge in [-0.15, -0.1) is 24.0 Å².